The SMILES string of the molecule is CN1C(O)C(O)C(O)C(C)(O)C1(C)C. The fourth-order valence-electron chi connectivity index (χ4n) is 1.77. The van der Waals surface area contributed by atoms with E-state index in [4.69, 9.17) is 0 Å². The third kappa shape index (κ3) is 1.28. The molecular weight excluding hydrogens is 186 g/mol. The number of piperidine rings is 1. The van der Waals surface area contributed by atoms with Gasteiger partial charge in [-0.05, 0) is 27.8 Å². The van der Waals surface area contributed by atoms with E-state index in [1.54, 1.807) is 20.9 Å². The first kappa shape index (κ1) is 11.9. The molecule has 1 heterocycles. The Morgan fingerprint density at radius 3 is 1.93 bits per heavy atom. The molecule has 0 saturated carbocycles. The van der Waals surface area contributed by atoms with Crippen LogP contribution in [0, 0.1) is 0 Å². The molecule has 0 aliphatic carbocycles. The van der Waals surface area contributed by atoms with Crippen LogP contribution in [-0.2, 0) is 0 Å². The van der Waals surface area contributed by atoms with E-state index in [1.807, 2.05) is 0 Å². The number of aliphatic hydroxyl groups is 4. The van der Waals surface area contributed by atoms with Crippen LogP contribution in [0.3, 0.4) is 0 Å². The normalized spacial score (nSPS) is 49.3. The highest BCUT2D eigenvalue weighted by Gasteiger charge is 2.57. The minimum Gasteiger partial charge on any atom is -0.387 e. The van der Waals surface area contributed by atoms with Gasteiger partial charge in [0.2, 0.25) is 0 Å². The van der Waals surface area contributed by atoms with Crippen molar-refractivity contribution in [3.05, 3.63) is 0 Å². The molecule has 0 spiro atoms. The van der Waals surface area contributed by atoms with E-state index in [-0.39, 0.29) is 0 Å². The molecule has 1 aliphatic heterocycles. The van der Waals surface area contributed by atoms with Crippen LogP contribution in [-0.4, -0.2) is 61.9 Å². The average Bonchev–Trinajstić information content (AvgIpc) is 2.10. The van der Waals surface area contributed by atoms with Gasteiger partial charge in [-0.3, -0.25) is 4.90 Å². The first-order valence-corrected chi connectivity index (χ1v) is 4.63. The average molecular weight is 205 g/mol. The maximum absolute atomic E-state index is 10.1. The molecule has 84 valence electrons. The molecule has 4 unspecified atom stereocenters. The van der Waals surface area contributed by atoms with Gasteiger partial charge in [0.1, 0.15) is 24.0 Å². The molecule has 1 aliphatic rings. The van der Waals surface area contributed by atoms with E-state index in [9.17, 15) is 20.4 Å². The minimum absolute atomic E-state index is 0.814. The van der Waals surface area contributed by atoms with Gasteiger partial charge in [0, 0.05) is 5.54 Å². The number of hydrogen-bond acceptors (Lipinski definition) is 5. The molecule has 14 heavy (non-hydrogen) atoms. The Morgan fingerprint density at radius 2 is 1.50 bits per heavy atom. The van der Waals surface area contributed by atoms with Gasteiger partial charge in [-0.2, -0.15) is 0 Å². The monoisotopic (exact) mass is 205 g/mol. The molecule has 0 aromatic heterocycles. The molecule has 5 heteroatoms. The topological polar surface area (TPSA) is 84.2 Å². The number of aliphatic hydroxyl groups excluding tert-OH is 3. The van der Waals surface area contributed by atoms with E-state index in [0.717, 1.165) is 0 Å². The molecule has 0 aromatic carbocycles. The second-order valence-corrected chi connectivity index (χ2v) is 4.67. The number of rotatable bonds is 0. The van der Waals surface area contributed by atoms with Gasteiger partial charge in [0.15, 0.2) is 0 Å². The maximum atomic E-state index is 10.1. The van der Waals surface area contributed by atoms with Crippen molar-refractivity contribution in [2.45, 2.75) is 50.3 Å². The van der Waals surface area contributed by atoms with Crippen LogP contribution in [0.4, 0.5) is 0 Å². The van der Waals surface area contributed by atoms with Crippen molar-refractivity contribution in [2.75, 3.05) is 7.05 Å². The smallest absolute Gasteiger partial charge is 0.136 e. The lowest BCUT2D eigenvalue weighted by Gasteiger charge is -2.56. The van der Waals surface area contributed by atoms with Crippen molar-refractivity contribution in [1.82, 2.24) is 4.90 Å². The summed E-state index contributed by atoms with van der Waals surface area (Å²) in [4.78, 5) is 1.45. The van der Waals surface area contributed by atoms with Crippen molar-refractivity contribution in [2.24, 2.45) is 0 Å². The minimum atomic E-state index is -1.47. The lowest BCUT2D eigenvalue weighted by Crippen LogP contribution is -2.75. The lowest BCUT2D eigenvalue weighted by atomic mass is 9.73. The third-order valence-corrected chi connectivity index (χ3v) is 3.72. The summed E-state index contributed by atoms with van der Waals surface area (Å²) >= 11 is 0. The van der Waals surface area contributed by atoms with Crippen LogP contribution in [0.25, 0.3) is 0 Å². The van der Waals surface area contributed by atoms with Crippen LogP contribution in [0.15, 0.2) is 0 Å². The second-order valence-electron chi connectivity index (χ2n) is 4.67. The van der Waals surface area contributed by atoms with Gasteiger partial charge in [-0.15, -0.1) is 0 Å². The third-order valence-electron chi connectivity index (χ3n) is 3.72. The summed E-state index contributed by atoms with van der Waals surface area (Å²) in [5.74, 6) is 0. The van der Waals surface area contributed by atoms with Crippen molar-refractivity contribution in [3.8, 4) is 0 Å². The highest BCUT2D eigenvalue weighted by atomic mass is 16.4. The molecule has 4 N–H and O–H groups in total. The highest BCUT2D eigenvalue weighted by molar-refractivity contribution is 5.09. The molecule has 4 atom stereocenters. The van der Waals surface area contributed by atoms with Crippen LogP contribution in [0.2, 0.25) is 0 Å². The van der Waals surface area contributed by atoms with Crippen LogP contribution >= 0.6 is 0 Å². The van der Waals surface area contributed by atoms with E-state index in [0.29, 0.717) is 0 Å². The summed E-state index contributed by atoms with van der Waals surface area (Å²) in [5, 5.41) is 38.8. The van der Waals surface area contributed by atoms with Gasteiger partial charge in [-0.25, -0.2) is 0 Å². The zero-order valence-electron chi connectivity index (χ0n) is 8.97. The maximum Gasteiger partial charge on any atom is 0.136 e. The Bertz CT molecular complexity index is 205. The molecular formula is C9H19NO4. The van der Waals surface area contributed by atoms with Crippen molar-refractivity contribution < 1.29 is 20.4 Å². The summed E-state index contributed by atoms with van der Waals surface area (Å²) in [5.41, 5.74) is -2.29. The van der Waals surface area contributed by atoms with Crippen LogP contribution in [0.1, 0.15) is 20.8 Å². The predicted octanol–water partition coefficient (Wildman–Crippen LogP) is -1.50. The molecule has 5 nitrogen and oxygen atoms in total. The van der Waals surface area contributed by atoms with Gasteiger partial charge in [-0.1, -0.05) is 0 Å². The summed E-state index contributed by atoms with van der Waals surface area (Å²) in [6, 6.07) is 0. The van der Waals surface area contributed by atoms with E-state index >= 15 is 0 Å². The van der Waals surface area contributed by atoms with Crippen LogP contribution < -0.4 is 0 Å². The highest BCUT2D eigenvalue weighted by Crippen LogP contribution is 2.38. The summed E-state index contributed by atoms with van der Waals surface area (Å²) in [6.07, 6.45) is -3.88. The molecule has 0 bridgehead atoms. The number of hydrogen-bond donors (Lipinski definition) is 4. The molecule has 1 saturated heterocycles. The zero-order chi connectivity index (χ0) is 11.3. The summed E-state index contributed by atoms with van der Waals surface area (Å²) in [6.45, 7) is 4.85. The van der Waals surface area contributed by atoms with Gasteiger partial charge >= 0.3 is 0 Å². The second kappa shape index (κ2) is 3.15. The zero-order valence-corrected chi connectivity index (χ0v) is 8.97. The Balaban J connectivity index is 3.10. The van der Waals surface area contributed by atoms with E-state index in [1.165, 1.54) is 11.8 Å². The first-order chi connectivity index (χ1) is 6.14. The van der Waals surface area contributed by atoms with Crippen LogP contribution in [0.5, 0.6) is 0 Å². The molecule has 1 fully saturated rings. The van der Waals surface area contributed by atoms with E-state index in [2.05, 4.69) is 0 Å². The Hall–Kier alpha value is -0.200. The number of nitrogens with zero attached hydrogens (tertiary/aromatic N) is 1. The van der Waals surface area contributed by atoms with Gasteiger partial charge < -0.3 is 20.4 Å². The van der Waals surface area contributed by atoms with E-state index < -0.39 is 29.6 Å². The Labute approximate surface area is 83.6 Å². The summed E-state index contributed by atoms with van der Waals surface area (Å²) in [7, 11) is 1.59. The molecule has 0 radical (unpaired) electrons. The van der Waals surface area contributed by atoms with Crippen molar-refractivity contribution in [3.63, 3.8) is 0 Å². The van der Waals surface area contributed by atoms with Crippen molar-refractivity contribution in [1.29, 1.82) is 0 Å². The standard InChI is InChI=1S/C9H19NO4/c1-8(2)9(3,14)6(12)5(11)7(13)10(8)4/h5-7,11-14H,1-4H3. The van der Waals surface area contributed by atoms with Gasteiger partial charge in [0.25, 0.3) is 0 Å². The lowest BCUT2D eigenvalue weighted by molar-refractivity contribution is -0.272. The first-order valence-electron chi connectivity index (χ1n) is 4.63. The number of likely N-dealkylation sites (tertiary alicyclic amines) is 1. The predicted molar refractivity (Wildman–Crippen MR) is 50.5 cm³/mol. The fourth-order valence-corrected chi connectivity index (χ4v) is 1.77. The Morgan fingerprint density at radius 1 is 1.07 bits per heavy atom. The quantitative estimate of drug-likeness (QED) is 0.387. The summed E-state index contributed by atoms with van der Waals surface area (Å²) < 4.78 is 0. The molecule has 0 amide bonds. The Kier molecular flexibility index (Phi) is 2.67. The number of likely N-dealkylation sites (N-methyl/N-ethyl adjacent to an activating group) is 1. The molecule has 1 rings (SSSR count). The van der Waals surface area contributed by atoms with Gasteiger partial charge in [0.05, 0.1) is 0 Å². The molecule has 0 aromatic rings. The largest absolute Gasteiger partial charge is 0.387 e. The van der Waals surface area contributed by atoms with Crippen molar-refractivity contribution >= 4 is 0 Å². The fraction of sp³-hybridized carbons (Fsp3) is 1.00.